The van der Waals surface area contributed by atoms with E-state index < -0.39 is 17.8 Å². The van der Waals surface area contributed by atoms with Crippen LogP contribution in [0.3, 0.4) is 0 Å². The fraction of sp³-hybridized carbons (Fsp3) is 0.462. The summed E-state index contributed by atoms with van der Waals surface area (Å²) in [5.74, 6) is -2.05. The van der Waals surface area contributed by atoms with Gasteiger partial charge in [0.15, 0.2) is 0 Å². The molecule has 1 aromatic heterocycles. The minimum absolute atomic E-state index is 0.203. The second-order valence-electron chi connectivity index (χ2n) is 4.66. The van der Waals surface area contributed by atoms with Crippen molar-refractivity contribution in [2.24, 2.45) is 11.8 Å². The van der Waals surface area contributed by atoms with E-state index in [1.165, 1.54) is 0 Å². The molecule has 1 amide bonds. The lowest BCUT2D eigenvalue weighted by Crippen LogP contribution is -2.30. The maximum Gasteiger partial charge on any atom is 0.307 e. The molecule has 0 radical (unpaired) electrons. The summed E-state index contributed by atoms with van der Waals surface area (Å²) in [6.07, 6.45) is 3.65. The Hall–Kier alpha value is -1.91. The highest BCUT2D eigenvalue weighted by Crippen LogP contribution is 2.32. The van der Waals surface area contributed by atoms with Crippen molar-refractivity contribution in [1.82, 2.24) is 4.98 Å². The third-order valence-corrected chi connectivity index (χ3v) is 3.33. The smallest absolute Gasteiger partial charge is 0.307 e. The van der Waals surface area contributed by atoms with Gasteiger partial charge in [-0.1, -0.05) is 6.42 Å². The number of rotatable bonds is 3. The predicted octanol–water partition coefficient (Wildman–Crippen LogP) is 1.83. The topological polar surface area (TPSA) is 79.3 Å². The molecule has 0 saturated heterocycles. The first-order chi connectivity index (χ1) is 8.58. The summed E-state index contributed by atoms with van der Waals surface area (Å²) in [5.41, 5.74) is 1.48. The van der Waals surface area contributed by atoms with E-state index in [4.69, 9.17) is 5.11 Å². The highest BCUT2D eigenvalue weighted by Gasteiger charge is 2.37. The molecular formula is C13H16N2O3. The number of carbonyl (C=O) groups is 2. The van der Waals surface area contributed by atoms with E-state index in [1.54, 1.807) is 18.3 Å². The number of hydrogen-bond acceptors (Lipinski definition) is 3. The molecule has 5 heteroatoms. The molecular weight excluding hydrogens is 232 g/mol. The standard InChI is InChI=1S/C13H16N2O3/c1-8-7-9(5-6-14-8)15-12(16)10-3-2-4-11(10)13(17)18/h5-7,10-11H,2-4H2,1H3,(H,17,18)(H,14,15,16). The number of aryl methyl sites for hydroxylation is 1. The number of amides is 1. The molecule has 1 aliphatic rings. The summed E-state index contributed by atoms with van der Waals surface area (Å²) < 4.78 is 0. The van der Waals surface area contributed by atoms with Gasteiger partial charge >= 0.3 is 5.97 Å². The molecule has 2 N–H and O–H groups in total. The maximum absolute atomic E-state index is 12.0. The average Bonchev–Trinajstić information content (AvgIpc) is 2.77. The van der Waals surface area contributed by atoms with Gasteiger partial charge in [0.05, 0.1) is 11.8 Å². The van der Waals surface area contributed by atoms with Gasteiger partial charge in [0, 0.05) is 17.6 Å². The Balaban J connectivity index is 2.06. The third-order valence-electron chi connectivity index (χ3n) is 3.33. The summed E-state index contributed by atoms with van der Waals surface area (Å²) in [6.45, 7) is 1.84. The molecule has 2 atom stereocenters. The molecule has 1 aliphatic carbocycles. The number of carbonyl (C=O) groups excluding carboxylic acids is 1. The van der Waals surface area contributed by atoms with Gasteiger partial charge in [-0.15, -0.1) is 0 Å². The van der Waals surface area contributed by atoms with Crippen molar-refractivity contribution in [2.75, 3.05) is 5.32 Å². The van der Waals surface area contributed by atoms with Crippen LogP contribution in [0.15, 0.2) is 18.3 Å². The van der Waals surface area contributed by atoms with E-state index in [2.05, 4.69) is 10.3 Å². The molecule has 2 unspecified atom stereocenters. The number of anilines is 1. The van der Waals surface area contributed by atoms with Crippen molar-refractivity contribution in [2.45, 2.75) is 26.2 Å². The Kier molecular flexibility index (Phi) is 3.60. The SMILES string of the molecule is Cc1cc(NC(=O)C2CCCC2C(=O)O)ccn1. The normalized spacial score (nSPS) is 22.7. The van der Waals surface area contributed by atoms with E-state index >= 15 is 0 Å². The summed E-state index contributed by atoms with van der Waals surface area (Å²) in [4.78, 5) is 27.1. The van der Waals surface area contributed by atoms with Crippen LogP contribution in [-0.4, -0.2) is 22.0 Å². The average molecular weight is 248 g/mol. The first-order valence-corrected chi connectivity index (χ1v) is 6.04. The minimum atomic E-state index is -0.876. The zero-order chi connectivity index (χ0) is 13.1. The third kappa shape index (κ3) is 2.67. The quantitative estimate of drug-likeness (QED) is 0.855. The lowest BCUT2D eigenvalue weighted by Gasteiger charge is -2.15. The number of aromatic nitrogens is 1. The van der Waals surface area contributed by atoms with Gasteiger partial charge in [0.25, 0.3) is 0 Å². The number of nitrogens with zero attached hydrogens (tertiary/aromatic N) is 1. The Morgan fingerprint density at radius 3 is 2.78 bits per heavy atom. The highest BCUT2D eigenvalue weighted by atomic mass is 16.4. The largest absolute Gasteiger partial charge is 0.481 e. The molecule has 1 fully saturated rings. The molecule has 0 spiro atoms. The van der Waals surface area contributed by atoms with Crippen LogP contribution in [0.5, 0.6) is 0 Å². The fourth-order valence-corrected chi connectivity index (χ4v) is 2.43. The molecule has 96 valence electrons. The summed E-state index contributed by atoms with van der Waals surface area (Å²) in [6, 6.07) is 3.47. The van der Waals surface area contributed by atoms with E-state index in [-0.39, 0.29) is 5.91 Å². The number of pyridine rings is 1. The zero-order valence-corrected chi connectivity index (χ0v) is 10.2. The van der Waals surface area contributed by atoms with Crippen molar-refractivity contribution < 1.29 is 14.7 Å². The van der Waals surface area contributed by atoms with Gasteiger partial charge in [-0.05, 0) is 31.9 Å². The minimum Gasteiger partial charge on any atom is -0.481 e. The Bertz CT molecular complexity index is 473. The number of aliphatic carboxylic acids is 1. The highest BCUT2D eigenvalue weighted by molar-refractivity contribution is 5.95. The van der Waals surface area contributed by atoms with E-state index in [1.807, 2.05) is 6.92 Å². The van der Waals surface area contributed by atoms with Gasteiger partial charge in [0.2, 0.25) is 5.91 Å². The van der Waals surface area contributed by atoms with Crippen molar-refractivity contribution in [1.29, 1.82) is 0 Å². The Morgan fingerprint density at radius 2 is 2.11 bits per heavy atom. The molecule has 0 aromatic carbocycles. The Labute approximate surface area is 105 Å². The van der Waals surface area contributed by atoms with Gasteiger partial charge in [-0.25, -0.2) is 0 Å². The second kappa shape index (κ2) is 5.16. The fourth-order valence-electron chi connectivity index (χ4n) is 2.43. The van der Waals surface area contributed by atoms with E-state index in [0.29, 0.717) is 18.5 Å². The van der Waals surface area contributed by atoms with Gasteiger partial charge < -0.3 is 10.4 Å². The van der Waals surface area contributed by atoms with Crippen molar-refractivity contribution in [3.8, 4) is 0 Å². The van der Waals surface area contributed by atoms with Crippen LogP contribution in [0.4, 0.5) is 5.69 Å². The van der Waals surface area contributed by atoms with Gasteiger partial charge in [-0.3, -0.25) is 14.6 Å². The molecule has 2 rings (SSSR count). The lowest BCUT2D eigenvalue weighted by atomic mass is 9.95. The van der Waals surface area contributed by atoms with Crippen LogP contribution in [-0.2, 0) is 9.59 Å². The van der Waals surface area contributed by atoms with Crippen LogP contribution in [0.2, 0.25) is 0 Å². The molecule has 1 aromatic rings. The van der Waals surface area contributed by atoms with Crippen molar-refractivity contribution in [3.05, 3.63) is 24.0 Å². The van der Waals surface area contributed by atoms with Crippen molar-refractivity contribution >= 4 is 17.6 Å². The number of hydrogen-bond donors (Lipinski definition) is 2. The molecule has 0 bridgehead atoms. The first kappa shape index (κ1) is 12.5. The van der Waals surface area contributed by atoms with Crippen LogP contribution in [0, 0.1) is 18.8 Å². The summed E-state index contributed by atoms with van der Waals surface area (Å²) in [5, 5.41) is 11.8. The molecule has 5 nitrogen and oxygen atoms in total. The first-order valence-electron chi connectivity index (χ1n) is 6.04. The second-order valence-corrected chi connectivity index (χ2v) is 4.66. The van der Waals surface area contributed by atoms with Crippen molar-refractivity contribution in [3.63, 3.8) is 0 Å². The van der Waals surface area contributed by atoms with Crippen LogP contribution >= 0.6 is 0 Å². The van der Waals surface area contributed by atoms with Crippen LogP contribution in [0.25, 0.3) is 0 Å². The zero-order valence-electron chi connectivity index (χ0n) is 10.2. The number of carboxylic acids is 1. The number of carboxylic acid groups (broad SMARTS) is 1. The lowest BCUT2D eigenvalue weighted by molar-refractivity contribution is -0.145. The molecule has 18 heavy (non-hydrogen) atoms. The van der Waals surface area contributed by atoms with E-state index in [9.17, 15) is 9.59 Å². The van der Waals surface area contributed by atoms with E-state index in [0.717, 1.165) is 12.1 Å². The van der Waals surface area contributed by atoms with Gasteiger partial charge in [0.1, 0.15) is 0 Å². The molecule has 1 saturated carbocycles. The predicted molar refractivity (Wildman–Crippen MR) is 66.1 cm³/mol. The summed E-state index contributed by atoms with van der Waals surface area (Å²) in [7, 11) is 0. The monoisotopic (exact) mass is 248 g/mol. The maximum atomic E-state index is 12.0. The number of nitrogens with one attached hydrogen (secondary N) is 1. The molecule has 0 aliphatic heterocycles. The van der Waals surface area contributed by atoms with Crippen LogP contribution < -0.4 is 5.32 Å². The summed E-state index contributed by atoms with van der Waals surface area (Å²) >= 11 is 0. The Morgan fingerprint density at radius 1 is 1.39 bits per heavy atom. The molecule has 1 heterocycles. The van der Waals surface area contributed by atoms with Crippen LogP contribution in [0.1, 0.15) is 25.0 Å². The van der Waals surface area contributed by atoms with Gasteiger partial charge in [-0.2, -0.15) is 0 Å².